The van der Waals surface area contributed by atoms with Crippen LogP contribution in [0, 0.1) is 17.5 Å². The van der Waals surface area contributed by atoms with E-state index < -0.39 is 35.4 Å². The van der Waals surface area contributed by atoms with Gasteiger partial charge in [-0.25, -0.2) is 18.2 Å². The average molecular weight is 418 g/mol. The number of nitrogens with zero attached hydrogens (tertiary/aromatic N) is 2. The molecule has 2 aromatic rings. The highest BCUT2D eigenvalue weighted by molar-refractivity contribution is 9.10. The number of rotatable bonds is 6. The Morgan fingerprint density at radius 3 is 2.52 bits per heavy atom. The highest BCUT2D eigenvalue weighted by atomic mass is 79.9. The van der Waals surface area contributed by atoms with Crippen LogP contribution in [-0.2, 0) is 4.84 Å². The van der Waals surface area contributed by atoms with Crippen LogP contribution in [0.25, 0.3) is 0 Å². The van der Waals surface area contributed by atoms with Gasteiger partial charge in [0.2, 0.25) is 11.7 Å². The van der Waals surface area contributed by atoms with E-state index >= 15 is 0 Å². The third kappa shape index (κ3) is 4.47. The van der Waals surface area contributed by atoms with E-state index in [1.165, 1.54) is 13.2 Å². The molecule has 0 amide bonds. The quantitative estimate of drug-likeness (QED) is 0.256. The van der Waals surface area contributed by atoms with Crippen LogP contribution in [-0.4, -0.2) is 30.3 Å². The second-order valence-corrected chi connectivity index (χ2v) is 5.47. The van der Waals surface area contributed by atoms with Crippen molar-refractivity contribution in [3.63, 3.8) is 0 Å². The lowest BCUT2D eigenvalue weighted by Gasteiger charge is -2.05. The minimum atomic E-state index is -1.66. The first-order valence-electron chi connectivity index (χ1n) is 6.67. The molecule has 0 fully saturated rings. The number of oxime groups is 1. The van der Waals surface area contributed by atoms with Gasteiger partial charge >= 0.3 is 0 Å². The molecule has 0 aliphatic rings. The number of ether oxygens (including phenoxy) is 1. The summed E-state index contributed by atoms with van der Waals surface area (Å²) in [5.74, 6) is -5.29. The molecule has 0 radical (unpaired) electrons. The topological polar surface area (TPSA) is 86.8 Å². The van der Waals surface area contributed by atoms with Crippen molar-refractivity contribution in [1.29, 1.82) is 0 Å². The average Bonchev–Trinajstić information content (AvgIpc) is 2.59. The summed E-state index contributed by atoms with van der Waals surface area (Å²) in [6.45, 7) is -0.654. The van der Waals surface area contributed by atoms with Crippen molar-refractivity contribution in [2.45, 2.75) is 0 Å². The predicted molar refractivity (Wildman–Crippen MR) is 85.8 cm³/mol. The summed E-state index contributed by atoms with van der Waals surface area (Å²) in [4.78, 5) is 20.6. The van der Waals surface area contributed by atoms with Crippen LogP contribution in [0.2, 0.25) is 0 Å². The maximum Gasteiger partial charge on any atom is 0.228 e. The van der Waals surface area contributed by atoms with Gasteiger partial charge in [-0.05, 0) is 40.2 Å². The first-order valence-corrected chi connectivity index (χ1v) is 7.47. The van der Waals surface area contributed by atoms with Gasteiger partial charge in [-0.3, -0.25) is 4.79 Å². The summed E-state index contributed by atoms with van der Waals surface area (Å²) in [5.41, 5.74) is 5.51. The Morgan fingerprint density at radius 1 is 1.28 bits per heavy atom. The van der Waals surface area contributed by atoms with E-state index in [-0.39, 0.29) is 17.4 Å². The van der Waals surface area contributed by atoms with Crippen LogP contribution in [0.1, 0.15) is 16.1 Å². The largest absolute Gasteiger partial charge is 0.480 e. The zero-order valence-electron chi connectivity index (χ0n) is 12.7. The van der Waals surface area contributed by atoms with E-state index in [0.29, 0.717) is 16.6 Å². The molecule has 0 unspecified atom stereocenters. The second-order valence-electron chi connectivity index (χ2n) is 4.61. The molecule has 0 aliphatic heterocycles. The van der Waals surface area contributed by atoms with Crippen LogP contribution in [0.5, 0.6) is 5.88 Å². The fourth-order valence-corrected chi connectivity index (χ4v) is 2.10. The van der Waals surface area contributed by atoms with E-state index in [0.717, 1.165) is 0 Å². The molecule has 6 nitrogen and oxygen atoms in total. The molecule has 10 heteroatoms. The van der Waals surface area contributed by atoms with Gasteiger partial charge in [-0.15, -0.1) is 0 Å². The van der Waals surface area contributed by atoms with Gasteiger partial charge < -0.3 is 15.3 Å². The smallest absolute Gasteiger partial charge is 0.228 e. The van der Waals surface area contributed by atoms with Gasteiger partial charge in [0.05, 0.1) is 11.6 Å². The number of aromatic nitrogens is 1. The Hall–Kier alpha value is -2.62. The number of hydrogen-bond donors (Lipinski definition) is 1. The van der Waals surface area contributed by atoms with E-state index in [4.69, 9.17) is 15.3 Å². The summed E-state index contributed by atoms with van der Waals surface area (Å²) in [6, 6.07) is 4.29. The van der Waals surface area contributed by atoms with Crippen LogP contribution < -0.4 is 10.5 Å². The molecule has 2 rings (SSSR count). The van der Waals surface area contributed by atoms with Crippen molar-refractivity contribution in [3.05, 3.63) is 57.4 Å². The molecule has 0 saturated heterocycles. The summed E-state index contributed by atoms with van der Waals surface area (Å²) in [6.07, 6.45) is 0. The van der Waals surface area contributed by atoms with E-state index in [9.17, 15) is 18.0 Å². The molecular weight excluding hydrogens is 407 g/mol. The number of carbonyl (C=O) groups excluding carboxylic acids is 1. The molecule has 1 aromatic carbocycles. The summed E-state index contributed by atoms with van der Waals surface area (Å²) >= 11 is 3.22. The monoisotopic (exact) mass is 417 g/mol. The molecule has 0 aliphatic carbocycles. The Labute approximate surface area is 148 Å². The van der Waals surface area contributed by atoms with Crippen molar-refractivity contribution >= 4 is 27.5 Å². The minimum absolute atomic E-state index is 0.143. The van der Waals surface area contributed by atoms with Gasteiger partial charge in [0.15, 0.2) is 29.9 Å². The first kappa shape index (κ1) is 18.7. The molecule has 1 aromatic heterocycles. The van der Waals surface area contributed by atoms with Crippen LogP contribution >= 0.6 is 15.9 Å². The molecule has 2 N–H and O–H groups in total. The van der Waals surface area contributed by atoms with Crippen LogP contribution in [0.3, 0.4) is 0 Å². The zero-order valence-corrected chi connectivity index (χ0v) is 14.3. The van der Waals surface area contributed by atoms with Crippen molar-refractivity contribution in [2.75, 3.05) is 13.7 Å². The molecular formula is C15H11BrF3N3O3. The van der Waals surface area contributed by atoms with E-state index in [2.05, 4.69) is 26.1 Å². The highest BCUT2D eigenvalue weighted by Crippen LogP contribution is 2.21. The Morgan fingerprint density at radius 2 is 1.92 bits per heavy atom. The molecule has 0 saturated carbocycles. The SMILES string of the molecule is COc1nc(C(N)=NOCC(=O)c2cc(F)c(F)c(F)c2)ccc1Br. The normalized spacial score (nSPS) is 11.3. The first-order chi connectivity index (χ1) is 11.8. The molecule has 0 spiro atoms. The standard InChI is InChI=1S/C15H11BrF3N3O3/c1-24-15-8(16)2-3-11(21-15)14(20)22-25-6-12(23)7-4-9(17)13(19)10(18)5-7/h2-5H,6H2,1H3,(H2,20,22). The maximum atomic E-state index is 13.1. The number of pyridine rings is 1. The number of carbonyl (C=O) groups is 1. The lowest BCUT2D eigenvalue weighted by molar-refractivity contribution is 0.0774. The van der Waals surface area contributed by atoms with Crippen LogP contribution in [0.15, 0.2) is 33.9 Å². The van der Waals surface area contributed by atoms with Gasteiger partial charge in [-0.1, -0.05) is 5.16 Å². The number of amidine groups is 1. The fourth-order valence-electron chi connectivity index (χ4n) is 1.72. The van der Waals surface area contributed by atoms with Crippen molar-refractivity contribution in [2.24, 2.45) is 10.9 Å². The van der Waals surface area contributed by atoms with Crippen molar-refractivity contribution in [3.8, 4) is 5.88 Å². The molecule has 132 valence electrons. The van der Waals surface area contributed by atoms with Crippen molar-refractivity contribution < 1.29 is 27.5 Å². The number of ketones is 1. The number of Topliss-reactive ketones (excluding diaryl/α,β-unsaturated/α-hetero) is 1. The van der Waals surface area contributed by atoms with E-state index in [1.807, 2.05) is 0 Å². The maximum absolute atomic E-state index is 13.1. The number of methoxy groups -OCH3 is 1. The van der Waals surface area contributed by atoms with E-state index in [1.54, 1.807) is 6.07 Å². The second kappa shape index (κ2) is 7.97. The van der Waals surface area contributed by atoms with Gasteiger partial charge in [0.1, 0.15) is 5.69 Å². The molecule has 1 heterocycles. The van der Waals surface area contributed by atoms with Gasteiger partial charge in [0.25, 0.3) is 0 Å². The minimum Gasteiger partial charge on any atom is -0.480 e. The molecule has 25 heavy (non-hydrogen) atoms. The molecule has 0 atom stereocenters. The van der Waals surface area contributed by atoms with Gasteiger partial charge in [-0.2, -0.15) is 0 Å². The van der Waals surface area contributed by atoms with Gasteiger partial charge in [0, 0.05) is 5.56 Å². The number of halogens is 4. The number of benzene rings is 1. The van der Waals surface area contributed by atoms with Crippen LogP contribution in [0.4, 0.5) is 13.2 Å². The van der Waals surface area contributed by atoms with Crippen molar-refractivity contribution in [1.82, 2.24) is 4.98 Å². The summed E-state index contributed by atoms with van der Waals surface area (Å²) in [5, 5.41) is 3.51. The zero-order chi connectivity index (χ0) is 18.6. The predicted octanol–water partition coefficient (Wildman–Crippen LogP) is 2.79. The highest BCUT2D eigenvalue weighted by Gasteiger charge is 2.15. The number of nitrogens with two attached hydrogens (primary N) is 1. The third-order valence-corrected chi connectivity index (χ3v) is 3.54. The summed E-state index contributed by atoms with van der Waals surface area (Å²) in [7, 11) is 1.42. The number of hydrogen-bond acceptors (Lipinski definition) is 5. The third-order valence-electron chi connectivity index (χ3n) is 2.93. The lowest BCUT2D eigenvalue weighted by Crippen LogP contribution is -2.17. The summed E-state index contributed by atoms with van der Waals surface area (Å²) < 4.78 is 44.7. The Kier molecular flexibility index (Phi) is 5.97. The lowest BCUT2D eigenvalue weighted by atomic mass is 10.1. The molecule has 0 bridgehead atoms. The fraction of sp³-hybridized carbons (Fsp3) is 0.133. The Balaban J connectivity index is 2.06. The Bertz CT molecular complexity index is 823.